The second-order valence-corrected chi connectivity index (χ2v) is 12.7. The molecule has 10 nitrogen and oxygen atoms in total. The molecule has 8 atom stereocenters. The first-order chi connectivity index (χ1) is 19.8. The summed E-state index contributed by atoms with van der Waals surface area (Å²) in [4.78, 5) is 30.6. The summed E-state index contributed by atoms with van der Waals surface area (Å²) in [7, 11) is 1.69. The number of benzene rings is 1. The second kappa shape index (κ2) is 13.7. The minimum atomic E-state index is -0.990. The summed E-state index contributed by atoms with van der Waals surface area (Å²) < 4.78 is 22.9. The number of fused-ring (bicyclic) bond motifs is 1. The molecular weight excluding hydrogens is 526 g/mol. The highest BCUT2D eigenvalue weighted by atomic mass is 16.7. The number of nitrogens with zero attached hydrogens (tertiary/aromatic N) is 2. The predicted molar refractivity (Wildman–Crippen MR) is 152 cm³/mol. The molecule has 0 spiro atoms. The summed E-state index contributed by atoms with van der Waals surface area (Å²) in [5, 5.41) is 14.5. The molecule has 3 saturated heterocycles. The van der Waals surface area contributed by atoms with Crippen LogP contribution in [0.15, 0.2) is 30.3 Å². The Bertz CT molecular complexity index is 1010. The topological polar surface area (TPSA) is 110 Å². The molecule has 3 aliphatic heterocycles. The van der Waals surface area contributed by atoms with Gasteiger partial charge in [0.05, 0.1) is 38.5 Å². The average molecular weight is 574 g/mol. The van der Waals surface area contributed by atoms with Crippen LogP contribution in [0.1, 0.15) is 38.7 Å². The summed E-state index contributed by atoms with van der Waals surface area (Å²) in [5.41, 5.74) is 0.981. The quantitative estimate of drug-likeness (QED) is 0.419. The van der Waals surface area contributed by atoms with Crippen LogP contribution in [0.25, 0.3) is 0 Å². The van der Waals surface area contributed by atoms with Gasteiger partial charge in [-0.15, -0.1) is 0 Å². The van der Waals surface area contributed by atoms with Gasteiger partial charge in [-0.3, -0.25) is 0 Å². The van der Waals surface area contributed by atoms with Crippen molar-refractivity contribution in [2.24, 2.45) is 29.6 Å². The summed E-state index contributed by atoms with van der Waals surface area (Å²) in [5.74, 6) is 1.11. The normalized spacial score (nSPS) is 30.2. The highest BCUT2D eigenvalue weighted by molar-refractivity contribution is 5.74. The van der Waals surface area contributed by atoms with Crippen molar-refractivity contribution in [2.45, 2.75) is 64.1 Å². The first-order valence-electron chi connectivity index (χ1n) is 15.3. The Morgan fingerprint density at radius 1 is 1.15 bits per heavy atom. The highest BCUT2D eigenvalue weighted by Crippen LogP contribution is 2.49. The Morgan fingerprint density at radius 3 is 2.68 bits per heavy atom. The Kier molecular flexibility index (Phi) is 10.1. The van der Waals surface area contributed by atoms with Gasteiger partial charge in [0.1, 0.15) is 6.10 Å². The number of rotatable bonds is 11. The number of nitrogens with one attached hydrogen (secondary N) is 1. The van der Waals surface area contributed by atoms with Gasteiger partial charge in [0.2, 0.25) is 0 Å². The van der Waals surface area contributed by atoms with Crippen LogP contribution in [0.4, 0.5) is 9.59 Å². The van der Waals surface area contributed by atoms with Crippen molar-refractivity contribution in [3.8, 4) is 0 Å². The molecule has 1 aliphatic carbocycles. The van der Waals surface area contributed by atoms with Crippen LogP contribution in [-0.2, 0) is 25.4 Å². The number of carbonyl (C=O) groups is 2. The largest absolute Gasteiger partial charge is 0.445 e. The van der Waals surface area contributed by atoms with Crippen LogP contribution < -0.4 is 5.32 Å². The van der Waals surface area contributed by atoms with E-state index in [9.17, 15) is 14.7 Å². The number of aliphatic hydroxyl groups is 1. The zero-order valence-corrected chi connectivity index (χ0v) is 24.7. The molecular formula is C31H47N3O7. The van der Waals surface area contributed by atoms with Crippen molar-refractivity contribution in [1.82, 2.24) is 15.1 Å². The van der Waals surface area contributed by atoms with Gasteiger partial charge < -0.3 is 39.2 Å². The average Bonchev–Trinajstić information content (AvgIpc) is 3.49. The van der Waals surface area contributed by atoms with Crippen LogP contribution in [0.3, 0.4) is 0 Å². The lowest BCUT2D eigenvalue weighted by Gasteiger charge is -2.38. The molecule has 0 radical (unpaired) electrons. The van der Waals surface area contributed by atoms with Crippen molar-refractivity contribution < 1.29 is 33.6 Å². The molecule has 2 N–H and O–H groups in total. The van der Waals surface area contributed by atoms with Crippen LogP contribution in [0.2, 0.25) is 0 Å². The summed E-state index contributed by atoms with van der Waals surface area (Å²) in [6, 6.07) is 9.04. The fourth-order valence-corrected chi connectivity index (χ4v) is 7.14. The third kappa shape index (κ3) is 7.34. The van der Waals surface area contributed by atoms with E-state index in [4.69, 9.17) is 18.9 Å². The summed E-state index contributed by atoms with van der Waals surface area (Å²) in [6.07, 6.45) is 1.34. The van der Waals surface area contributed by atoms with E-state index in [2.05, 4.69) is 19.2 Å². The van der Waals surface area contributed by atoms with E-state index in [1.165, 1.54) is 0 Å². The van der Waals surface area contributed by atoms with E-state index >= 15 is 0 Å². The number of aliphatic hydroxyl groups excluding tert-OH is 1. The number of hydrogen-bond donors (Lipinski definition) is 2. The first kappa shape index (κ1) is 30.1. The molecule has 228 valence electrons. The molecule has 4 fully saturated rings. The van der Waals surface area contributed by atoms with Crippen molar-refractivity contribution in [3.63, 3.8) is 0 Å². The van der Waals surface area contributed by atoms with Gasteiger partial charge in [0.25, 0.3) is 0 Å². The van der Waals surface area contributed by atoms with E-state index in [-0.39, 0.29) is 48.6 Å². The number of likely N-dealkylation sites (tertiary alicyclic amines) is 1. The van der Waals surface area contributed by atoms with E-state index in [0.717, 1.165) is 24.8 Å². The van der Waals surface area contributed by atoms with Crippen LogP contribution in [0, 0.1) is 29.6 Å². The van der Waals surface area contributed by atoms with Gasteiger partial charge in [-0.2, -0.15) is 0 Å². The molecule has 3 amide bonds. The lowest BCUT2D eigenvalue weighted by Crippen LogP contribution is -2.55. The Balaban J connectivity index is 1.26. The van der Waals surface area contributed by atoms with Crippen molar-refractivity contribution >= 4 is 12.1 Å². The minimum absolute atomic E-state index is 0.0754. The van der Waals surface area contributed by atoms with Crippen molar-refractivity contribution in [3.05, 3.63) is 35.9 Å². The number of methoxy groups -OCH3 is 1. The molecule has 3 heterocycles. The third-order valence-corrected chi connectivity index (χ3v) is 9.05. The smallest absolute Gasteiger partial charge is 0.407 e. The maximum absolute atomic E-state index is 13.7. The van der Waals surface area contributed by atoms with E-state index in [0.29, 0.717) is 51.8 Å². The van der Waals surface area contributed by atoms with E-state index in [1.54, 1.807) is 12.0 Å². The number of urea groups is 1. The molecule has 0 aromatic heterocycles. The molecule has 2 bridgehead atoms. The molecule has 5 rings (SSSR count). The molecule has 6 unspecified atom stereocenters. The van der Waals surface area contributed by atoms with Gasteiger partial charge in [0.15, 0.2) is 6.29 Å². The number of alkyl carbamates (subject to hydrolysis) is 1. The maximum atomic E-state index is 13.7. The highest BCUT2D eigenvalue weighted by Gasteiger charge is 2.56. The Morgan fingerprint density at radius 2 is 1.93 bits per heavy atom. The van der Waals surface area contributed by atoms with Crippen molar-refractivity contribution in [2.75, 3.05) is 53.1 Å². The van der Waals surface area contributed by atoms with E-state index in [1.807, 2.05) is 35.2 Å². The number of piperidine rings is 1. The van der Waals surface area contributed by atoms with Gasteiger partial charge in [-0.05, 0) is 37.2 Å². The fourth-order valence-electron chi connectivity index (χ4n) is 7.14. The van der Waals surface area contributed by atoms with Gasteiger partial charge in [-0.25, -0.2) is 9.59 Å². The van der Waals surface area contributed by atoms with E-state index < -0.39 is 18.2 Å². The van der Waals surface area contributed by atoms with Crippen LogP contribution in [-0.4, -0.2) is 105 Å². The van der Waals surface area contributed by atoms with Gasteiger partial charge in [-0.1, -0.05) is 44.2 Å². The second-order valence-electron chi connectivity index (χ2n) is 12.7. The summed E-state index contributed by atoms with van der Waals surface area (Å²) in [6.45, 7) is 7.78. The third-order valence-electron chi connectivity index (χ3n) is 9.05. The zero-order valence-electron chi connectivity index (χ0n) is 24.7. The molecule has 1 saturated carbocycles. The first-order valence-corrected chi connectivity index (χ1v) is 15.3. The standard InChI is InChI=1S/C31H47N3O7/c1-20(2)14-34(31(37)33-11-7-10-22(15-33)17-38-3)16-27(35)26(12-21-8-5-4-6-9-21)32-30(36)41-28-23-13-24-25(28)19-40-29(24)39-18-23/h4-6,8-9,20,22-29,35H,7,10-19H2,1-3H3,(H,32,36)/t22?,23?,24?,25?,26-,27+,28?,29?/m0/s1. The molecule has 1 aromatic rings. The lowest BCUT2D eigenvalue weighted by atomic mass is 9.98. The molecule has 4 aliphatic rings. The number of hydrogen-bond acceptors (Lipinski definition) is 7. The number of amides is 3. The molecule has 10 heteroatoms. The number of ether oxygens (including phenoxy) is 4. The van der Waals surface area contributed by atoms with Gasteiger partial charge >= 0.3 is 12.1 Å². The molecule has 1 aromatic carbocycles. The summed E-state index contributed by atoms with van der Waals surface area (Å²) >= 11 is 0. The van der Waals surface area contributed by atoms with Gasteiger partial charge in [0, 0.05) is 50.4 Å². The number of carbonyl (C=O) groups excluding carboxylic acids is 2. The fraction of sp³-hybridized carbons (Fsp3) is 0.742. The Labute approximate surface area is 243 Å². The Hall–Kier alpha value is -2.40. The molecule has 41 heavy (non-hydrogen) atoms. The van der Waals surface area contributed by atoms with Crippen LogP contribution in [0.5, 0.6) is 0 Å². The minimum Gasteiger partial charge on any atom is -0.445 e. The van der Waals surface area contributed by atoms with Crippen LogP contribution >= 0.6 is 0 Å². The predicted octanol–water partition coefficient (Wildman–Crippen LogP) is 3.13. The zero-order chi connectivity index (χ0) is 28.9. The SMILES string of the molecule is COCC1CCCN(C(=O)N(CC(C)C)C[C@@H](O)[C@H](Cc2ccccc2)NC(=O)OC2C3COC4OCC2C4C3)C1. The monoisotopic (exact) mass is 573 g/mol. The van der Waals surface area contributed by atoms with Crippen molar-refractivity contribution in [1.29, 1.82) is 0 Å². The lowest BCUT2D eigenvalue weighted by molar-refractivity contribution is -0.169. The maximum Gasteiger partial charge on any atom is 0.407 e.